The molecular weight excluding hydrogens is 200 g/mol. The van der Waals surface area contributed by atoms with Crippen molar-refractivity contribution < 1.29 is 4.79 Å². The largest absolute Gasteiger partial charge is 0.338 e. The van der Waals surface area contributed by atoms with Gasteiger partial charge in [-0.3, -0.25) is 4.79 Å². The molecule has 2 unspecified atom stereocenters. The Bertz CT molecular complexity index is 332. The van der Waals surface area contributed by atoms with E-state index in [1.807, 2.05) is 4.90 Å². The Balaban J connectivity index is 1.59. The Morgan fingerprint density at radius 2 is 1.94 bits per heavy atom. The molecule has 16 heavy (non-hydrogen) atoms. The van der Waals surface area contributed by atoms with Crippen LogP contribution in [0.25, 0.3) is 0 Å². The van der Waals surface area contributed by atoms with Gasteiger partial charge in [0, 0.05) is 18.5 Å². The number of nitriles is 1. The number of carbonyl (C=O) groups excluding carboxylic acids is 1. The van der Waals surface area contributed by atoms with Crippen molar-refractivity contribution in [1.82, 2.24) is 4.90 Å². The lowest BCUT2D eigenvalue weighted by molar-refractivity contribution is -0.136. The van der Waals surface area contributed by atoms with Crippen molar-refractivity contribution in [2.45, 2.75) is 44.6 Å². The molecule has 3 saturated carbocycles. The van der Waals surface area contributed by atoms with Gasteiger partial charge in [-0.2, -0.15) is 5.26 Å². The summed E-state index contributed by atoms with van der Waals surface area (Å²) < 4.78 is 0. The van der Waals surface area contributed by atoms with Gasteiger partial charge in [0.25, 0.3) is 0 Å². The summed E-state index contributed by atoms with van der Waals surface area (Å²) in [6, 6.07) is 2.62. The molecule has 0 radical (unpaired) electrons. The third-order valence-electron chi connectivity index (χ3n) is 4.33. The first-order chi connectivity index (χ1) is 7.79. The SMILES string of the molecule is N#CCCN(C(=O)C1CC2CC2C1)C1CC1. The zero-order valence-electron chi connectivity index (χ0n) is 9.56. The first kappa shape index (κ1) is 10.1. The summed E-state index contributed by atoms with van der Waals surface area (Å²) in [6.45, 7) is 0.659. The number of amides is 1. The average molecular weight is 218 g/mol. The molecule has 0 N–H and O–H groups in total. The summed E-state index contributed by atoms with van der Waals surface area (Å²) in [7, 11) is 0. The van der Waals surface area contributed by atoms with Gasteiger partial charge in [-0.05, 0) is 43.9 Å². The molecule has 0 aliphatic heterocycles. The molecule has 0 heterocycles. The molecule has 0 spiro atoms. The molecule has 3 fully saturated rings. The molecule has 86 valence electrons. The smallest absolute Gasteiger partial charge is 0.225 e. The molecule has 3 aliphatic rings. The van der Waals surface area contributed by atoms with Crippen LogP contribution in [0.3, 0.4) is 0 Å². The molecule has 3 rings (SSSR count). The second-order valence-electron chi connectivity index (χ2n) is 5.60. The Morgan fingerprint density at radius 3 is 2.50 bits per heavy atom. The topological polar surface area (TPSA) is 44.1 Å². The third-order valence-corrected chi connectivity index (χ3v) is 4.33. The highest BCUT2D eigenvalue weighted by Gasteiger charge is 2.49. The Morgan fingerprint density at radius 1 is 1.25 bits per heavy atom. The summed E-state index contributed by atoms with van der Waals surface area (Å²) >= 11 is 0. The lowest BCUT2D eigenvalue weighted by Gasteiger charge is -2.25. The van der Waals surface area contributed by atoms with Crippen LogP contribution in [0.4, 0.5) is 0 Å². The van der Waals surface area contributed by atoms with E-state index in [4.69, 9.17) is 5.26 Å². The fourth-order valence-electron chi connectivity index (χ4n) is 3.18. The highest BCUT2D eigenvalue weighted by molar-refractivity contribution is 5.80. The Labute approximate surface area is 96.4 Å². The van der Waals surface area contributed by atoms with Crippen LogP contribution in [0.15, 0.2) is 0 Å². The number of carbonyl (C=O) groups is 1. The van der Waals surface area contributed by atoms with Crippen molar-refractivity contribution in [1.29, 1.82) is 5.26 Å². The second-order valence-corrected chi connectivity index (χ2v) is 5.60. The van der Waals surface area contributed by atoms with Gasteiger partial charge in [0.1, 0.15) is 0 Å². The van der Waals surface area contributed by atoms with Gasteiger partial charge in [-0.25, -0.2) is 0 Å². The molecule has 3 nitrogen and oxygen atoms in total. The first-order valence-electron chi connectivity index (χ1n) is 6.47. The van der Waals surface area contributed by atoms with E-state index in [1.54, 1.807) is 0 Å². The Kier molecular flexibility index (Phi) is 2.38. The highest BCUT2D eigenvalue weighted by Crippen LogP contribution is 2.54. The molecule has 0 aromatic heterocycles. The molecular formula is C13H18N2O. The van der Waals surface area contributed by atoms with Gasteiger partial charge in [-0.1, -0.05) is 0 Å². The van der Waals surface area contributed by atoms with Gasteiger partial charge in [0.2, 0.25) is 5.91 Å². The molecule has 3 heteroatoms. The van der Waals surface area contributed by atoms with Crippen molar-refractivity contribution in [3.8, 4) is 6.07 Å². The van der Waals surface area contributed by atoms with Crippen molar-refractivity contribution in [3.05, 3.63) is 0 Å². The maximum absolute atomic E-state index is 12.3. The van der Waals surface area contributed by atoms with Gasteiger partial charge in [0.05, 0.1) is 12.5 Å². The normalized spacial score (nSPS) is 35.3. The highest BCUT2D eigenvalue weighted by atomic mass is 16.2. The monoisotopic (exact) mass is 218 g/mol. The van der Waals surface area contributed by atoms with Crippen LogP contribution in [0, 0.1) is 29.1 Å². The van der Waals surface area contributed by atoms with E-state index in [2.05, 4.69) is 6.07 Å². The minimum Gasteiger partial charge on any atom is -0.338 e. The fourth-order valence-corrected chi connectivity index (χ4v) is 3.18. The van der Waals surface area contributed by atoms with Crippen LogP contribution in [0.1, 0.15) is 38.5 Å². The number of hydrogen-bond acceptors (Lipinski definition) is 2. The first-order valence-corrected chi connectivity index (χ1v) is 6.47. The van der Waals surface area contributed by atoms with E-state index in [-0.39, 0.29) is 0 Å². The van der Waals surface area contributed by atoms with Crippen molar-refractivity contribution in [3.63, 3.8) is 0 Å². The number of hydrogen-bond donors (Lipinski definition) is 0. The minimum atomic E-state index is 0.294. The van der Waals surface area contributed by atoms with Gasteiger partial charge in [0.15, 0.2) is 0 Å². The second kappa shape index (κ2) is 3.76. The maximum Gasteiger partial charge on any atom is 0.225 e. The van der Waals surface area contributed by atoms with Crippen LogP contribution in [0.2, 0.25) is 0 Å². The van der Waals surface area contributed by atoms with Crippen molar-refractivity contribution in [2.75, 3.05) is 6.54 Å². The molecule has 0 saturated heterocycles. The molecule has 0 aromatic rings. The fraction of sp³-hybridized carbons (Fsp3) is 0.846. The van der Waals surface area contributed by atoms with Crippen LogP contribution in [0.5, 0.6) is 0 Å². The lowest BCUT2D eigenvalue weighted by Crippen LogP contribution is -2.38. The Hall–Kier alpha value is -1.04. The van der Waals surface area contributed by atoms with Crippen LogP contribution in [-0.2, 0) is 4.79 Å². The summed E-state index contributed by atoms with van der Waals surface area (Å²) in [6.07, 6.45) is 6.40. The third kappa shape index (κ3) is 1.81. The quantitative estimate of drug-likeness (QED) is 0.723. The van der Waals surface area contributed by atoms with Crippen LogP contribution < -0.4 is 0 Å². The van der Waals surface area contributed by atoms with E-state index >= 15 is 0 Å². The van der Waals surface area contributed by atoms with E-state index in [0.29, 0.717) is 30.8 Å². The molecule has 2 atom stereocenters. The van der Waals surface area contributed by atoms with Gasteiger partial charge in [-0.15, -0.1) is 0 Å². The van der Waals surface area contributed by atoms with Crippen molar-refractivity contribution >= 4 is 5.91 Å². The number of nitrogens with zero attached hydrogens (tertiary/aromatic N) is 2. The van der Waals surface area contributed by atoms with E-state index in [0.717, 1.165) is 37.5 Å². The van der Waals surface area contributed by atoms with Gasteiger partial charge < -0.3 is 4.90 Å². The molecule has 0 aromatic carbocycles. The van der Waals surface area contributed by atoms with Crippen LogP contribution in [-0.4, -0.2) is 23.4 Å². The zero-order valence-corrected chi connectivity index (χ0v) is 9.56. The molecule has 1 amide bonds. The average Bonchev–Trinajstić information content (AvgIpc) is 3.20. The zero-order chi connectivity index (χ0) is 11.1. The maximum atomic E-state index is 12.3. The standard InChI is InChI=1S/C13H18N2O/c14-4-1-5-15(12-2-3-12)13(16)11-7-9-6-10(9)8-11/h9-12H,1-3,5-8H2. The van der Waals surface area contributed by atoms with E-state index in [9.17, 15) is 4.79 Å². The summed E-state index contributed by atoms with van der Waals surface area (Å²) in [5.41, 5.74) is 0. The van der Waals surface area contributed by atoms with Crippen molar-refractivity contribution in [2.24, 2.45) is 17.8 Å². The number of rotatable bonds is 4. The summed E-state index contributed by atoms with van der Waals surface area (Å²) in [5, 5.41) is 8.63. The van der Waals surface area contributed by atoms with E-state index in [1.165, 1.54) is 6.42 Å². The summed E-state index contributed by atoms with van der Waals surface area (Å²) in [4.78, 5) is 14.3. The van der Waals surface area contributed by atoms with Crippen LogP contribution >= 0.6 is 0 Å². The minimum absolute atomic E-state index is 0.294. The molecule has 3 aliphatic carbocycles. The predicted molar refractivity (Wildman–Crippen MR) is 59.3 cm³/mol. The predicted octanol–water partition coefficient (Wildman–Crippen LogP) is 1.94. The molecule has 0 bridgehead atoms. The lowest BCUT2D eigenvalue weighted by atomic mass is 10.0. The summed E-state index contributed by atoms with van der Waals surface area (Å²) in [5.74, 6) is 2.38. The number of fused-ring (bicyclic) bond motifs is 1. The van der Waals surface area contributed by atoms with Gasteiger partial charge >= 0.3 is 0 Å². The van der Waals surface area contributed by atoms with E-state index < -0.39 is 0 Å².